The lowest BCUT2D eigenvalue weighted by atomic mass is 10.1. The molecule has 2 unspecified atom stereocenters. The van der Waals surface area contributed by atoms with Crippen LogP contribution in [0.15, 0.2) is 0 Å². The van der Waals surface area contributed by atoms with Gasteiger partial charge in [-0.15, -0.1) is 0 Å². The first-order chi connectivity index (χ1) is 33.7. The second kappa shape index (κ2) is 35.1. The van der Waals surface area contributed by atoms with Gasteiger partial charge in [-0.2, -0.15) is 0 Å². The number of hydrogen-bond acceptors (Lipinski definition) is 21. The molecule has 0 bridgehead atoms. The van der Waals surface area contributed by atoms with Gasteiger partial charge in [0.15, 0.2) is 0 Å². The zero-order valence-electron chi connectivity index (χ0n) is 40.5. The van der Waals surface area contributed by atoms with E-state index in [1.54, 1.807) is 24.5 Å². The number of nitrogens with zero attached hydrogens (tertiary/aromatic N) is 9. The molecular formula is C42H79N9O20. The summed E-state index contributed by atoms with van der Waals surface area (Å²) in [6.07, 6.45) is -6.84. The van der Waals surface area contributed by atoms with E-state index in [2.05, 4.69) is 0 Å². The highest BCUT2D eigenvalue weighted by atomic mass is 16.5. The van der Waals surface area contributed by atoms with Crippen LogP contribution in [-0.2, 0) is 28.7 Å². The molecule has 2 aliphatic rings. The fourth-order valence-corrected chi connectivity index (χ4v) is 8.14. The van der Waals surface area contributed by atoms with Gasteiger partial charge in [0.25, 0.3) is 0 Å². The summed E-state index contributed by atoms with van der Waals surface area (Å²) in [6, 6.07) is 0. The van der Waals surface area contributed by atoms with Gasteiger partial charge in [0.1, 0.15) is 12.2 Å². The third kappa shape index (κ3) is 28.0. The molecule has 0 radical (unpaired) electrons. The van der Waals surface area contributed by atoms with E-state index in [-0.39, 0.29) is 164 Å². The van der Waals surface area contributed by atoms with Gasteiger partial charge in [0.05, 0.1) is 78.0 Å². The lowest BCUT2D eigenvalue weighted by Gasteiger charge is -2.36. The lowest BCUT2D eigenvalue weighted by molar-refractivity contribution is -0.140. The molecule has 2 aliphatic heterocycles. The van der Waals surface area contributed by atoms with Crippen LogP contribution in [0.2, 0.25) is 0 Å². The van der Waals surface area contributed by atoms with Crippen molar-refractivity contribution in [2.45, 2.75) is 24.4 Å². The van der Waals surface area contributed by atoms with Crippen molar-refractivity contribution >= 4 is 36.1 Å². The molecule has 0 aromatic carbocycles. The van der Waals surface area contributed by atoms with Gasteiger partial charge in [-0.1, -0.05) is 0 Å². The minimum atomic E-state index is -1.25. The van der Waals surface area contributed by atoms with Crippen LogP contribution in [0.5, 0.6) is 0 Å². The number of rotatable bonds is 28. The molecule has 412 valence electrons. The molecule has 29 heteroatoms. The smallest absolute Gasteiger partial charge is 0.407 e. The molecule has 2 heterocycles. The molecular weight excluding hydrogens is 951 g/mol. The molecule has 29 nitrogen and oxygen atoms in total. The average molecular weight is 1030 g/mol. The zero-order chi connectivity index (χ0) is 52.9. The average Bonchev–Trinajstić information content (AvgIpc) is 3.28. The maximum Gasteiger partial charge on any atom is 0.407 e. The topological polar surface area (TPSA) is 393 Å². The first-order valence-corrected chi connectivity index (χ1v) is 23.7. The van der Waals surface area contributed by atoms with E-state index in [1.165, 1.54) is 4.90 Å². The fourth-order valence-electron chi connectivity index (χ4n) is 8.14. The fraction of sp³-hybridized carbons (Fsp3) is 0.857. The quantitative estimate of drug-likeness (QED) is 0.0347. The third-order valence-corrected chi connectivity index (χ3v) is 12.0. The molecule has 2 saturated heterocycles. The Balaban J connectivity index is 2.47. The van der Waals surface area contributed by atoms with Crippen LogP contribution in [0.1, 0.15) is 0 Å². The number of aliphatic carboxylic acids is 4. The first-order valence-electron chi connectivity index (χ1n) is 23.7. The summed E-state index contributed by atoms with van der Waals surface area (Å²) in [5.74, 6) is -5.16. The number of aliphatic hydroxyl groups excluding tert-OH is 6. The van der Waals surface area contributed by atoms with Crippen LogP contribution in [0.25, 0.3) is 0 Å². The normalized spacial score (nSPS) is 19.0. The van der Waals surface area contributed by atoms with E-state index >= 15 is 0 Å². The Morgan fingerprint density at radius 3 is 0.901 bits per heavy atom. The highest BCUT2D eigenvalue weighted by Crippen LogP contribution is 2.12. The summed E-state index contributed by atoms with van der Waals surface area (Å²) >= 11 is 0. The molecule has 2 atom stereocenters. The van der Waals surface area contributed by atoms with Crippen molar-refractivity contribution in [2.24, 2.45) is 5.92 Å². The molecule has 2 fully saturated rings. The van der Waals surface area contributed by atoms with E-state index in [9.17, 15) is 90.0 Å². The number of carboxylic acids is 4. The molecule has 0 spiro atoms. The maximum absolute atomic E-state index is 12.3. The number of ether oxygens (including phenoxy) is 2. The van der Waals surface area contributed by atoms with Gasteiger partial charge >= 0.3 is 36.1 Å². The Bertz CT molecular complexity index is 1520. The Hall–Kier alpha value is -4.18. The molecule has 0 aliphatic carbocycles. The summed E-state index contributed by atoms with van der Waals surface area (Å²) < 4.78 is 11.5. The summed E-state index contributed by atoms with van der Waals surface area (Å²) in [6.45, 7) is -2.97. The number of amides is 2. The van der Waals surface area contributed by atoms with Crippen LogP contribution >= 0.6 is 0 Å². The minimum Gasteiger partial charge on any atom is -0.480 e. The lowest BCUT2D eigenvalue weighted by Crippen LogP contribution is -2.52. The second-order valence-electron chi connectivity index (χ2n) is 17.9. The van der Waals surface area contributed by atoms with E-state index < -0.39 is 106 Å². The number of hydrogen-bond donors (Lipinski definition) is 12. The maximum atomic E-state index is 12.3. The van der Waals surface area contributed by atoms with Gasteiger partial charge in [-0.25, -0.2) is 9.59 Å². The summed E-state index contributed by atoms with van der Waals surface area (Å²) in [7, 11) is 0. The zero-order valence-corrected chi connectivity index (χ0v) is 40.5. The second-order valence-corrected chi connectivity index (χ2v) is 17.9. The molecule has 2 amide bonds. The van der Waals surface area contributed by atoms with Gasteiger partial charge < -0.3 is 80.6 Å². The van der Waals surface area contributed by atoms with Crippen LogP contribution in [-0.4, -0.2) is 369 Å². The van der Waals surface area contributed by atoms with Crippen LogP contribution in [0, 0.1) is 5.92 Å². The minimum absolute atomic E-state index is 0.0200. The van der Waals surface area contributed by atoms with Crippen LogP contribution in [0.4, 0.5) is 9.59 Å². The van der Waals surface area contributed by atoms with E-state index in [4.69, 9.17) is 9.47 Å². The molecule has 0 aromatic rings. The van der Waals surface area contributed by atoms with Gasteiger partial charge in [-0.3, -0.25) is 53.5 Å². The summed E-state index contributed by atoms with van der Waals surface area (Å²) in [5.41, 5.74) is 0. The molecule has 0 saturated carbocycles. The van der Waals surface area contributed by atoms with Gasteiger partial charge in [-0.05, 0) is 0 Å². The Labute approximate surface area is 412 Å². The predicted octanol–water partition coefficient (Wildman–Crippen LogP) is -6.50. The predicted molar refractivity (Wildman–Crippen MR) is 248 cm³/mol. The highest BCUT2D eigenvalue weighted by Gasteiger charge is 2.28. The van der Waals surface area contributed by atoms with Crippen molar-refractivity contribution in [3.63, 3.8) is 0 Å². The molecule has 0 aromatic heterocycles. The number of carboxylic acid groups (broad SMARTS) is 6. The van der Waals surface area contributed by atoms with Crippen molar-refractivity contribution in [1.29, 1.82) is 0 Å². The first kappa shape index (κ1) is 62.9. The van der Waals surface area contributed by atoms with Crippen LogP contribution < -0.4 is 0 Å². The third-order valence-electron chi connectivity index (χ3n) is 12.0. The summed E-state index contributed by atoms with van der Waals surface area (Å²) in [5, 5.41) is 121. The molecule has 12 N–H and O–H groups in total. The van der Waals surface area contributed by atoms with Gasteiger partial charge in [0.2, 0.25) is 0 Å². The van der Waals surface area contributed by atoms with Crippen molar-refractivity contribution in [1.82, 2.24) is 44.1 Å². The van der Waals surface area contributed by atoms with Crippen molar-refractivity contribution < 1.29 is 99.5 Å². The SMILES string of the molecule is O=C(O)CN1CCN(CC(=O)O)CCN(C(=O)O)CCN(CC(O)CN(CC(O)CN2CCN(CC(=O)O)CCN(C(=O)O)CCN(CC(=O)O)CC2)CC(COC(CO)CO)COC(CO)CO)CC1. The molecule has 2 rings (SSSR count). The van der Waals surface area contributed by atoms with Crippen LogP contribution in [0.3, 0.4) is 0 Å². The van der Waals surface area contributed by atoms with Gasteiger partial charge in [0, 0.05) is 143 Å². The number of carbonyl (C=O) groups is 6. The monoisotopic (exact) mass is 1030 g/mol. The van der Waals surface area contributed by atoms with Crippen molar-refractivity contribution in [2.75, 3.05) is 203 Å². The van der Waals surface area contributed by atoms with Crippen molar-refractivity contribution in [3.05, 3.63) is 0 Å². The standard InChI is InChI=1S/C42H79N9O20/c52-26-35(27-53)70-30-32(31-71-36(28-54)29-55)17-49(20-33(56)18-43-1-5-46(23-38(60)61)10-15-51(42(68)69)16-11-47(6-2-43)24-39(62)63)21-34(57)19-44-3-4-45(22-37(58)59)7-8-48(25-40(64)65)12-14-50(13-9-44)41(66)67/h32-36,52-57H,1-31H2,(H,58,59)(H,60,61)(H,62,63)(H,64,65)(H,66,67)(H,68,69). The van der Waals surface area contributed by atoms with E-state index in [1.807, 2.05) is 4.90 Å². The Morgan fingerprint density at radius 2 is 0.648 bits per heavy atom. The highest BCUT2D eigenvalue weighted by molar-refractivity contribution is 5.70. The molecule has 71 heavy (non-hydrogen) atoms. The number of aliphatic hydroxyl groups is 6. The Kier molecular flexibility index (Phi) is 31.1. The largest absolute Gasteiger partial charge is 0.480 e. The Morgan fingerprint density at radius 1 is 0.394 bits per heavy atom. The number of β-amino-alcohol motifs (C(OH)–C–C–N with tert-alkyl or cyclic N) is 2. The van der Waals surface area contributed by atoms with E-state index in [0.29, 0.717) is 0 Å². The summed E-state index contributed by atoms with van der Waals surface area (Å²) in [4.78, 5) is 85.0. The van der Waals surface area contributed by atoms with Crippen molar-refractivity contribution in [3.8, 4) is 0 Å². The van der Waals surface area contributed by atoms with E-state index in [0.717, 1.165) is 9.80 Å².